The van der Waals surface area contributed by atoms with E-state index >= 15 is 0 Å². The number of hydrogen-bond acceptors (Lipinski definition) is 4. The molecule has 0 aliphatic carbocycles. The third-order valence-electron chi connectivity index (χ3n) is 5.81. The van der Waals surface area contributed by atoms with Crippen LogP contribution in [-0.2, 0) is 17.8 Å². The molecule has 0 aromatic heterocycles. The minimum absolute atomic E-state index is 0.362. The van der Waals surface area contributed by atoms with Crippen LogP contribution in [-0.4, -0.2) is 35.4 Å². The molecule has 27 heavy (non-hydrogen) atoms. The van der Waals surface area contributed by atoms with E-state index in [9.17, 15) is 10.2 Å². The van der Waals surface area contributed by atoms with Gasteiger partial charge in [0.2, 0.25) is 0 Å². The lowest BCUT2D eigenvalue weighted by Crippen LogP contribution is -2.27. The standard InChI is InChI=1S/C23H33NO3/c1-14-10-20(22(25)18(5)16(14)3)12-24(8-9-27-7)13-21-11-15(2)17(4)19(6)23(21)26/h10-11,25-26H,8-9,12-13H2,1-7H3. The van der Waals surface area contributed by atoms with Gasteiger partial charge in [0, 0.05) is 37.9 Å². The molecule has 0 saturated heterocycles. The highest BCUT2D eigenvalue weighted by Crippen LogP contribution is 2.31. The van der Waals surface area contributed by atoms with Gasteiger partial charge in [-0.25, -0.2) is 0 Å². The van der Waals surface area contributed by atoms with Crippen molar-refractivity contribution in [2.24, 2.45) is 0 Å². The van der Waals surface area contributed by atoms with E-state index in [4.69, 9.17) is 4.74 Å². The molecule has 0 spiro atoms. The van der Waals surface area contributed by atoms with Crippen molar-refractivity contribution in [1.82, 2.24) is 4.90 Å². The van der Waals surface area contributed by atoms with Crippen LogP contribution in [0.4, 0.5) is 0 Å². The molecule has 4 heteroatoms. The molecule has 2 rings (SSSR count). The highest BCUT2D eigenvalue weighted by molar-refractivity contribution is 5.49. The Labute approximate surface area is 163 Å². The molecule has 0 aliphatic rings. The van der Waals surface area contributed by atoms with E-state index in [2.05, 4.69) is 30.9 Å². The van der Waals surface area contributed by atoms with Crippen molar-refractivity contribution < 1.29 is 14.9 Å². The molecule has 2 aromatic rings. The average molecular weight is 372 g/mol. The van der Waals surface area contributed by atoms with Crippen molar-refractivity contribution in [1.29, 1.82) is 0 Å². The number of nitrogens with zero attached hydrogens (tertiary/aromatic N) is 1. The Balaban J connectivity index is 2.35. The summed E-state index contributed by atoms with van der Waals surface area (Å²) in [4.78, 5) is 2.20. The normalized spacial score (nSPS) is 11.4. The van der Waals surface area contributed by atoms with Crippen molar-refractivity contribution in [3.8, 4) is 11.5 Å². The lowest BCUT2D eigenvalue weighted by Gasteiger charge is -2.25. The van der Waals surface area contributed by atoms with Crippen LogP contribution in [0, 0.1) is 41.5 Å². The van der Waals surface area contributed by atoms with Crippen molar-refractivity contribution in [3.63, 3.8) is 0 Å². The molecule has 148 valence electrons. The zero-order chi connectivity index (χ0) is 20.3. The van der Waals surface area contributed by atoms with Gasteiger partial charge in [0.05, 0.1) is 6.61 Å². The topological polar surface area (TPSA) is 52.9 Å². The van der Waals surface area contributed by atoms with Crippen molar-refractivity contribution in [2.75, 3.05) is 20.3 Å². The number of aryl methyl sites for hydroxylation is 2. The van der Waals surface area contributed by atoms with Crippen molar-refractivity contribution >= 4 is 0 Å². The first kappa shape index (κ1) is 21.3. The van der Waals surface area contributed by atoms with E-state index < -0.39 is 0 Å². The third kappa shape index (κ3) is 4.63. The molecule has 0 atom stereocenters. The molecular formula is C23H33NO3. The fourth-order valence-electron chi connectivity index (χ4n) is 3.46. The second kappa shape index (κ2) is 8.77. The van der Waals surface area contributed by atoms with Crippen LogP contribution >= 0.6 is 0 Å². The van der Waals surface area contributed by atoms with Gasteiger partial charge in [-0.3, -0.25) is 4.90 Å². The van der Waals surface area contributed by atoms with Crippen LogP contribution in [0.15, 0.2) is 12.1 Å². The van der Waals surface area contributed by atoms with Gasteiger partial charge in [-0.15, -0.1) is 0 Å². The number of methoxy groups -OCH3 is 1. The average Bonchev–Trinajstić information content (AvgIpc) is 2.64. The molecule has 0 heterocycles. The van der Waals surface area contributed by atoms with Gasteiger partial charge >= 0.3 is 0 Å². The Hall–Kier alpha value is -2.04. The maximum Gasteiger partial charge on any atom is 0.123 e. The summed E-state index contributed by atoms with van der Waals surface area (Å²) < 4.78 is 5.27. The Kier molecular flexibility index (Phi) is 6.90. The zero-order valence-electron chi connectivity index (χ0n) is 17.7. The number of benzene rings is 2. The molecule has 0 aliphatic heterocycles. The highest BCUT2D eigenvalue weighted by Gasteiger charge is 2.17. The summed E-state index contributed by atoms with van der Waals surface area (Å²) in [5.41, 5.74) is 8.29. The number of rotatable bonds is 7. The summed E-state index contributed by atoms with van der Waals surface area (Å²) in [6, 6.07) is 4.12. The molecule has 0 unspecified atom stereocenters. The molecule has 0 amide bonds. The van der Waals surface area contributed by atoms with Crippen molar-refractivity contribution in [2.45, 2.75) is 54.6 Å². The summed E-state index contributed by atoms with van der Waals surface area (Å²) in [6.45, 7) is 14.6. The number of aromatic hydroxyl groups is 2. The van der Waals surface area contributed by atoms with Crippen LogP contribution in [0.3, 0.4) is 0 Å². The fourth-order valence-corrected chi connectivity index (χ4v) is 3.46. The van der Waals surface area contributed by atoms with E-state index in [-0.39, 0.29) is 0 Å². The third-order valence-corrected chi connectivity index (χ3v) is 5.81. The Morgan fingerprint density at radius 1 is 0.741 bits per heavy atom. The molecule has 0 radical (unpaired) electrons. The van der Waals surface area contributed by atoms with Gasteiger partial charge in [-0.1, -0.05) is 12.1 Å². The van der Waals surface area contributed by atoms with Gasteiger partial charge in [0.15, 0.2) is 0 Å². The molecule has 0 saturated carbocycles. The van der Waals surface area contributed by atoms with Gasteiger partial charge in [0.25, 0.3) is 0 Å². The first-order chi connectivity index (χ1) is 12.7. The molecule has 4 nitrogen and oxygen atoms in total. The summed E-state index contributed by atoms with van der Waals surface area (Å²) in [6.07, 6.45) is 0. The zero-order valence-corrected chi connectivity index (χ0v) is 17.7. The van der Waals surface area contributed by atoms with E-state index in [1.165, 1.54) is 11.1 Å². The molecular weight excluding hydrogens is 338 g/mol. The highest BCUT2D eigenvalue weighted by atomic mass is 16.5. The van der Waals surface area contributed by atoms with Crippen LogP contribution in [0.1, 0.15) is 44.5 Å². The van der Waals surface area contributed by atoms with Gasteiger partial charge in [-0.05, 0) is 74.9 Å². The van der Waals surface area contributed by atoms with Gasteiger partial charge in [0.1, 0.15) is 11.5 Å². The largest absolute Gasteiger partial charge is 0.507 e. The Morgan fingerprint density at radius 2 is 1.15 bits per heavy atom. The lowest BCUT2D eigenvalue weighted by atomic mass is 9.97. The number of phenolic OH excluding ortho intramolecular Hbond substituents is 2. The van der Waals surface area contributed by atoms with Crippen LogP contribution in [0.5, 0.6) is 11.5 Å². The van der Waals surface area contributed by atoms with Crippen LogP contribution < -0.4 is 0 Å². The smallest absolute Gasteiger partial charge is 0.123 e. The molecule has 0 bridgehead atoms. The predicted octanol–water partition coefficient (Wildman–Crippen LogP) is 4.60. The van der Waals surface area contributed by atoms with E-state index in [1.54, 1.807) is 7.11 Å². The molecule has 2 aromatic carbocycles. The second-order valence-corrected chi connectivity index (χ2v) is 7.61. The quantitative estimate of drug-likeness (QED) is 0.747. The molecule has 0 fully saturated rings. The maximum absolute atomic E-state index is 10.6. The van der Waals surface area contributed by atoms with Crippen LogP contribution in [0.25, 0.3) is 0 Å². The Bertz CT molecular complexity index is 762. The van der Waals surface area contributed by atoms with Gasteiger partial charge in [-0.2, -0.15) is 0 Å². The lowest BCUT2D eigenvalue weighted by molar-refractivity contribution is 0.139. The fraction of sp³-hybridized carbons (Fsp3) is 0.478. The second-order valence-electron chi connectivity index (χ2n) is 7.61. The van der Waals surface area contributed by atoms with E-state index in [0.29, 0.717) is 37.7 Å². The van der Waals surface area contributed by atoms with E-state index in [1.807, 2.05) is 27.7 Å². The predicted molar refractivity (Wildman–Crippen MR) is 111 cm³/mol. The number of phenols is 2. The summed E-state index contributed by atoms with van der Waals surface area (Å²) in [7, 11) is 1.69. The number of ether oxygens (including phenoxy) is 1. The monoisotopic (exact) mass is 371 g/mol. The summed E-state index contributed by atoms with van der Waals surface area (Å²) in [5, 5.41) is 21.2. The maximum atomic E-state index is 10.6. The van der Waals surface area contributed by atoms with Crippen molar-refractivity contribution in [3.05, 3.63) is 56.6 Å². The first-order valence-electron chi connectivity index (χ1n) is 9.45. The minimum Gasteiger partial charge on any atom is -0.507 e. The first-order valence-corrected chi connectivity index (χ1v) is 9.45. The van der Waals surface area contributed by atoms with E-state index in [0.717, 1.165) is 33.4 Å². The minimum atomic E-state index is 0.362. The molecule has 2 N–H and O–H groups in total. The van der Waals surface area contributed by atoms with Gasteiger partial charge < -0.3 is 14.9 Å². The van der Waals surface area contributed by atoms with Crippen LogP contribution in [0.2, 0.25) is 0 Å². The summed E-state index contributed by atoms with van der Waals surface area (Å²) in [5.74, 6) is 0.724. The summed E-state index contributed by atoms with van der Waals surface area (Å²) >= 11 is 0. The Morgan fingerprint density at radius 3 is 1.52 bits per heavy atom. The SMILES string of the molecule is COCCN(Cc1cc(C)c(C)c(C)c1O)Cc1cc(C)c(C)c(C)c1O. The number of hydrogen-bond donors (Lipinski definition) is 2.